The number of halogens is 2. The molecule has 0 saturated heterocycles. The zero-order chi connectivity index (χ0) is 10.1. The summed E-state index contributed by atoms with van der Waals surface area (Å²) in [5.74, 6) is -0.236. The first-order valence-corrected chi connectivity index (χ1v) is 5.11. The van der Waals surface area contributed by atoms with E-state index >= 15 is 0 Å². The van der Waals surface area contributed by atoms with E-state index in [0.717, 1.165) is 0 Å². The number of hydrogen-bond donors (Lipinski definition) is 0. The van der Waals surface area contributed by atoms with Crippen molar-refractivity contribution in [3.05, 3.63) is 35.8 Å². The van der Waals surface area contributed by atoms with Gasteiger partial charge in [0, 0.05) is 5.39 Å². The molecule has 1 heterocycles. The molecule has 0 fully saturated rings. The van der Waals surface area contributed by atoms with Crippen molar-refractivity contribution in [2.75, 3.05) is 5.33 Å². The second-order valence-corrected chi connectivity index (χ2v) is 3.41. The number of hydrogen-bond acceptors (Lipinski definition) is 2. The van der Waals surface area contributed by atoms with Crippen LogP contribution in [0.4, 0.5) is 4.39 Å². The van der Waals surface area contributed by atoms with E-state index in [9.17, 15) is 9.18 Å². The monoisotopic (exact) mass is 256 g/mol. The molecular weight excluding hydrogens is 251 g/mol. The molecule has 0 aliphatic heterocycles. The molecule has 2 aromatic rings. The molecule has 0 spiro atoms. The van der Waals surface area contributed by atoms with Gasteiger partial charge in [-0.05, 0) is 24.3 Å². The minimum Gasteiger partial charge on any atom is -0.453 e. The summed E-state index contributed by atoms with van der Waals surface area (Å²) in [6.07, 6.45) is 0. The summed E-state index contributed by atoms with van der Waals surface area (Å²) in [5.41, 5.74) is 0.524. The van der Waals surface area contributed by atoms with Crippen LogP contribution in [-0.2, 0) is 0 Å². The number of fused-ring (bicyclic) bond motifs is 1. The third-order valence-electron chi connectivity index (χ3n) is 1.87. The lowest BCUT2D eigenvalue weighted by atomic mass is 10.2. The molecule has 4 heteroatoms. The molecule has 1 aromatic carbocycles. The topological polar surface area (TPSA) is 30.2 Å². The molecule has 0 radical (unpaired) electrons. The minimum absolute atomic E-state index is 0.151. The summed E-state index contributed by atoms with van der Waals surface area (Å²) < 4.78 is 18.0. The molecular formula is C10H6BrFO2. The van der Waals surface area contributed by atoms with Crippen LogP contribution in [0.15, 0.2) is 28.7 Å². The minimum atomic E-state index is -0.337. The van der Waals surface area contributed by atoms with Crippen molar-refractivity contribution in [2.24, 2.45) is 0 Å². The zero-order valence-corrected chi connectivity index (χ0v) is 8.67. The fourth-order valence-electron chi connectivity index (χ4n) is 1.22. The summed E-state index contributed by atoms with van der Waals surface area (Å²) in [6, 6.07) is 5.69. The number of benzene rings is 1. The number of carbonyl (C=O) groups excluding carboxylic acids is 1. The van der Waals surface area contributed by atoms with Crippen molar-refractivity contribution < 1.29 is 13.6 Å². The van der Waals surface area contributed by atoms with Crippen LogP contribution in [0.3, 0.4) is 0 Å². The van der Waals surface area contributed by atoms with Crippen LogP contribution in [0, 0.1) is 5.82 Å². The van der Waals surface area contributed by atoms with Gasteiger partial charge in [0.05, 0.1) is 5.33 Å². The number of Topliss-reactive ketones (excluding diaryl/α,β-unsaturated/α-hetero) is 1. The van der Waals surface area contributed by atoms with E-state index in [1.54, 1.807) is 6.07 Å². The van der Waals surface area contributed by atoms with Gasteiger partial charge in [-0.2, -0.15) is 0 Å². The van der Waals surface area contributed by atoms with Crippen LogP contribution in [0.25, 0.3) is 11.0 Å². The lowest BCUT2D eigenvalue weighted by Gasteiger charge is -1.87. The second kappa shape index (κ2) is 3.53. The van der Waals surface area contributed by atoms with Gasteiger partial charge in [0.1, 0.15) is 11.4 Å². The van der Waals surface area contributed by atoms with Crippen LogP contribution in [0.1, 0.15) is 10.6 Å². The van der Waals surface area contributed by atoms with E-state index in [1.165, 1.54) is 18.2 Å². The van der Waals surface area contributed by atoms with Gasteiger partial charge in [-0.1, -0.05) is 15.9 Å². The number of alkyl halides is 1. The lowest BCUT2D eigenvalue weighted by Crippen LogP contribution is -1.96. The molecule has 72 valence electrons. The average Bonchev–Trinajstić information content (AvgIpc) is 2.59. The number of rotatable bonds is 2. The Morgan fingerprint density at radius 3 is 2.93 bits per heavy atom. The quantitative estimate of drug-likeness (QED) is 0.611. The number of ketones is 1. The fourth-order valence-corrected chi connectivity index (χ4v) is 1.49. The lowest BCUT2D eigenvalue weighted by molar-refractivity contribution is 0.0995. The predicted octanol–water partition coefficient (Wildman–Crippen LogP) is 3.15. The van der Waals surface area contributed by atoms with Gasteiger partial charge in [-0.15, -0.1) is 0 Å². The Bertz CT molecular complexity index is 490. The van der Waals surface area contributed by atoms with Gasteiger partial charge in [-0.3, -0.25) is 4.79 Å². The molecule has 0 atom stereocenters. The molecule has 0 bridgehead atoms. The molecule has 2 rings (SSSR count). The van der Waals surface area contributed by atoms with Crippen molar-refractivity contribution in [3.8, 4) is 0 Å². The van der Waals surface area contributed by atoms with E-state index < -0.39 is 0 Å². The highest BCUT2D eigenvalue weighted by Gasteiger charge is 2.10. The highest BCUT2D eigenvalue weighted by molar-refractivity contribution is 9.09. The van der Waals surface area contributed by atoms with E-state index in [-0.39, 0.29) is 22.7 Å². The van der Waals surface area contributed by atoms with Crippen LogP contribution in [0.2, 0.25) is 0 Å². The molecule has 0 aliphatic carbocycles. The maximum atomic E-state index is 12.8. The Labute approximate surface area is 87.8 Å². The Balaban J connectivity index is 2.56. The molecule has 0 amide bonds. The summed E-state index contributed by atoms with van der Waals surface area (Å²) >= 11 is 3.04. The van der Waals surface area contributed by atoms with Gasteiger partial charge in [0.25, 0.3) is 0 Å². The molecule has 1 aromatic heterocycles. The molecule has 0 N–H and O–H groups in total. The standard InChI is InChI=1S/C10H6BrFO2/c11-5-8(13)10-4-6-3-7(12)1-2-9(6)14-10/h1-4H,5H2. The molecule has 0 saturated carbocycles. The first kappa shape index (κ1) is 9.40. The van der Waals surface area contributed by atoms with E-state index in [0.29, 0.717) is 11.0 Å². The van der Waals surface area contributed by atoms with Crippen LogP contribution in [0.5, 0.6) is 0 Å². The Kier molecular flexibility index (Phi) is 2.37. The van der Waals surface area contributed by atoms with Crippen LogP contribution in [-0.4, -0.2) is 11.1 Å². The van der Waals surface area contributed by atoms with Crippen LogP contribution < -0.4 is 0 Å². The summed E-state index contributed by atoms with van der Waals surface area (Å²) in [7, 11) is 0. The molecule has 14 heavy (non-hydrogen) atoms. The smallest absolute Gasteiger partial charge is 0.208 e. The molecule has 0 unspecified atom stereocenters. The molecule has 0 aliphatic rings. The van der Waals surface area contributed by atoms with Gasteiger partial charge >= 0.3 is 0 Å². The van der Waals surface area contributed by atoms with Crippen molar-refractivity contribution in [1.82, 2.24) is 0 Å². The normalized spacial score (nSPS) is 10.7. The van der Waals surface area contributed by atoms with E-state index in [4.69, 9.17) is 4.42 Å². The maximum Gasteiger partial charge on any atom is 0.208 e. The van der Waals surface area contributed by atoms with Crippen molar-refractivity contribution in [1.29, 1.82) is 0 Å². The van der Waals surface area contributed by atoms with Gasteiger partial charge in [0.15, 0.2) is 5.76 Å². The van der Waals surface area contributed by atoms with Crippen LogP contribution >= 0.6 is 15.9 Å². The van der Waals surface area contributed by atoms with Gasteiger partial charge in [0.2, 0.25) is 5.78 Å². The predicted molar refractivity (Wildman–Crippen MR) is 54.3 cm³/mol. The Morgan fingerprint density at radius 1 is 1.43 bits per heavy atom. The highest BCUT2D eigenvalue weighted by atomic mass is 79.9. The number of furan rings is 1. The number of carbonyl (C=O) groups is 1. The third kappa shape index (κ3) is 1.57. The van der Waals surface area contributed by atoms with Crippen molar-refractivity contribution >= 4 is 32.7 Å². The second-order valence-electron chi connectivity index (χ2n) is 2.85. The van der Waals surface area contributed by atoms with Crippen molar-refractivity contribution in [2.45, 2.75) is 0 Å². The average molecular weight is 257 g/mol. The van der Waals surface area contributed by atoms with Gasteiger partial charge in [-0.25, -0.2) is 4.39 Å². The van der Waals surface area contributed by atoms with Gasteiger partial charge < -0.3 is 4.42 Å². The highest BCUT2D eigenvalue weighted by Crippen LogP contribution is 2.20. The Hall–Kier alpha value is -1.16. The Morgan fingerprint density at radius 2 is 2.21 bits per heavy atom. The van der Waals surface area contributed by atoms with E-state index in [2.05, 4.69) is 15.9 Å². The third-order valence-corrected chi connectivity index (χ3v) is 2.38. The fraction of sp³-hybridized carbons (Fsp3) is 0.100. The van der Waals surface area contributed by atoms with E-state index in [1.807, 2.05) is 0 Å². The first-order chi connectivity index (χ1) is 6.70. The SMILES string of the molecule is O=C(CBr)c1cc2cc(F)ccc2o1. The summed E-state index contributed by atoms with van der Waals surface area (Å²) in [6.45, 7) is 0. The maximum absolute atomic E-state index is 12.8. The summed E-state index contributed by atoms with van der Waals surface area (Å²) in [4.78, 5) is 11.2. The first-order valence-electron chi connectivity index (χ1n) is 3.99. The summed E-state index contributed by atoms with van der Waals surface area (Å²) in [5, 5.41) is 0.810. The zero-order valence-electron chi connectivity index (χ0n) is 7.09. The largest absolute Gasteiger partial charge is 0.453 e. The van der Waals surface area contributed by atoms with Crippen molar-refractivity contribution in [3.63, 3.8) is 0 Å². The molecule has 2 nitrogen and oxygen atoms in total.